The standard InChI is InChI=1S/C21H32N6O7/c1-11(2)6-14(25-18(30)13(22)8-17(28)29)20(32)27-5-3-4-16(27)19(31)26-15(21(33)34)7-12-9-23-10-24-12/h9-11,13-16H,3-8,22H2,1-2H3,(H,23,24)(H,25,30)(H,26,31)(H,28,29)(H,33,34). The van der Waals surface area contributed by atoms with Gasteiger partial charge < -0.3 is 36.5 Å². The highest BCUT2D eigenvalue weighted by atomic mass is 16.4. The first-order chi connectivity index (χ1) is 16.0. The molecular formula is C21H32N6O7. The Morgan fingerprint density at radius 3 is 2.47 bits per heavy atom. The molecule has 0 aliphatic carbocycles. The first-order valence-corrected chi connectivity index (χ1v) is 11.1. The number of aromatic amines is 1. The first-order valence-electron chi connectivity index (χ1n) is 11.1. The van der Waals surface area contributed by atoms with Crippen LogP contribution in [0.25, 0.3) is 0 Å². The number of amides is 3. The van der Waals surface area contributed by atoms with Gasteiger partial charge in [-0.25, -0.2) is 9.78 Å². The molecule has 2 heterocycles. The van der Waals surface area contributed by atoms with E-state index in [1.54, 1.807) is 0 Å². The summed E-state index contributed by atoms with van der Waals surface area (Å²) in [5.74, 6) is -4.33. The summed E-state index contributed by atoms with van der Waals surface area (Å²) in [6, 6.07) is -4.43. The predicted molar refractivity (Wildman–Crippen MR) is 118 cm³/mol. The Hall–Kier alpha value is -3.48. The molecule has 4 atom stereocenters. The van der Waals surface area contributed by atoms with Crippen LogP contribution in [0.1, 0.15) is 45.2 Å². The van der Waals surface area contributed by atoms with Crippen LogP contribution in [0, 0.1) is 5.92 Å². The Labute approximate surface area is 196 Å². The molecule has 13 heteroatoms. The van der Waals surface area contributed by atoms with Crippen molar-refractivity contribution in [1.29, 1.82) is 0 Å². The summed E-state index contributed by atoms with van der Waals surface area (Å²) < 4.78 is 0. The van der Waals surface area contributed by atoms with E-state index in [-0.39, 0.29) is 25.3 Å². The highest BCUT2D eigenvalue weighted by Gasteiger charge is 2.39. The maximum absolute atomic E-state index is 13.3. The highest BCUT2D eigenvalue weighted by molar-refractivity contribution is 5.95. The molecule has 0 spiro atoms. The van der Waals surface area contributed by atoms with E-state index < -0.39 is 60.2 Å². The fourth-order valence-corrected chi connectivity index (χ4v) is 3.84. The summed E-state index contributed by atoms with van der Waals surface area (Å²) in [6.07, 6.45) is 3.40. The van der Waals surface area contributed by atoms with Gasteiger partial charge in [-0.05, 0) is 25.2 Å². The molecule has 13 nitrogen and oxygen atoms in total. The van der Waals surface area contributed by atoms with E-state index in [9.17, 15) is 29.1 Å². The van der Waals surface area contributed by atoms with Crippen LogP contribution in [0.4, 0.5) is 0 Å². The van der Waals surface area contributed by atoms with E-state index in [2.05, 4.69) is 20.6 Å². The zero-order valence-corrected chi connectivity index (χ0v) is 19.2. The monoisotopic (exact) mass is 480 g/mol. The van der Waals surface area contributed by atoms with Gasteiger partial charge in [0.2, 0.25) is 17.7 Å². The average molecular weight is 481 g/mol. The van der Waals surface area contributed by atoms with Crippen LogP contribution in [-0.2, 0) is 30.4 Å². The van der Waals surface area contributed by atoms with Gasteiger partial charge in [0.15, 0.2) is 0 Å². The molecular weight excluding hydrogens is 448 g/mol. The molecule has 1 fully saturated rings. The number of nitrogens with one attached hydrogen (secondary N) is 3. The average Bonchev–Trinajstić information content (AvgIpc) is 3.43. The summed E-state index contributed by atoms with van der Waals surface area (Å²) in [6.45, 7) is 3.97. The minimum Gasteiger partial charge on any atom is -0.481 e. The number of nitrogens with zero attached hydrogens (tertiary/aromatic N) is 2. The minimum atomic E-state index is -1.32. The molecule has 0 aromatic carbocycles. The number of rotatable bonds is 12. The number of hydrogen-bond acceptors (Lipinski definition) is 7. The van der Waals surface area contributed by atoms with Crippen LogP contribution in [-0.4, -0.2) is 85.5 Å². The van der Waals surface area contributed by atoms with Crippen LogP contribution in [0.5, 0.6) is 0 Å². The van der Waals surface area contributed by atoms with Crippen molar-refractivity contribution < 1.29 is 34.2 Å². The third-order valence-electron chi connectivity index (χ3n) is 5.48. The number of aliphatic carboxylic acids is 2. The van der Waals surface area contributed by atoms with Crippen LogP contribution >= 0.6 is 0 Å². The van der Waals surface area contributed by atoms with Gasteiger partial charge in [0, 0.05) is 24.9 Å². The maximum Gasteiger partial charge on any atom is 0.326 e. The topological polar surface area (TPSA) is 208 Å². The fraction of sp³-hybridized carbons (Fsp3) is 0.619. The molecule has 0 radical (unpaired) electrons. The molecule has 1 aliphatic heterocycles. The van der Waals surface area contributed by atoms with Gasteiger partial charge in [-0.3, -0.25) is 19.2 Å². The van der Waals surface area contributed by atoms with Crippen molar-refractivity contribution in [1.82, 2.24) is 25.5 Å². The number of hydrogen-bond donors (Lipinski definition) is 6. The number of likely N-dealkylation sites (tertiary alicyclic amines) is 1. The Kier molecular flexibility index (Phi) is 9.54. The first kappa shape index (κ1) is 26.8. The molecule has 1 aromatic heterocycles. The lowest BCUT2D eigenvalue weighted by molar-refractivity contribution is -0.145. The van der Waals surface area contributed by atoms with Crippen LogP contribution < -0.4 is 16.4 Å². The molecule has 1 aromatic rings. The summed E-state index contributed by atoms with van der Waals surface area (Å²) >= 11 is 0. The third-order valence-corrected chi connectivity index (χ3v) is 5.48. The lowest BCUT2D eigenvalue weighted by Crippen LogP contribution is -2.57. The Bertz CT molecular complexity index is 888. The lowest BCUT2D eigenvalue weighted by atomic mass is 10.0. The van der Waals surface area contributed by atoms with Crippen molar-refractivity contribution in [3.05, 3.63) is 18.2 Å². The van der Waals surface area contributed by atoms with Crippen LogP contribution in [0.2, 0.25) is 0 Å². The molecule has 7 N–H and O–H groups in total. The molecule has 188 valence electrons. The van der Waals surface area contributed by atoms with Gasteiger partial charge in [-0.1, -0.05) is 13.8 Å². The summed E-state index contributed by atoms with van der Waals surface area (Å²) in [4.78, 5) is 69.0. The van der Waals surface area contributed by atoms with Crippen molar-refractivity contribution in [3.8, 4) is 0 Å². The normalized spacial score (nSPS) is 18.2. The number of carboxylic acid groups (broad SMARTS) is 2. The Morgan fingerprint density at radius 1 is 1.21 bits per heavy atom. The van der Waals surface area contributed by atoms with Crippen molar-refractivity contribution in [3.63, 3.8) is 0 Å². The van der Waals surface area contributed by atoms with Crippen LogP contribution in [0.3, 0.4) is 0 Å². The number of H-pyrrole nitrogens is 1. The number of carboxylic acids is 2. The van der Waals surface area contributed by atoms with Gasteiger partial charge in [-0.15, -0.1) is 0 Å². The van der Waals surface area contributed by atoms with E-state index in [1.165, 1.54) is 17.4 Å². The number of imidazole rings is 1. The number of nitrogens with two attached hydrogens (primary N) is 1. The molecule has 1 saturated heterocycles. The molecule has 4 unspecified atom stereocenters. The van der Waals surface area contributed by atoms with Crippen LogP contribution in [0.15, 0.2) is 12.5 Å². The second-order valence-electron chi connectivity index (χ2n) is 8.77. The molecule has 0 saturated carbocycles. The van der Waals surface area contributed by atoms with Gasteiger partial charge in [-0.2, -0.15) is 0 Å². The largest absolute Gasteiger partial charge is 0.481 e. The summed E-state index contributed by atoms with van der Waals surface area (Å²) in [5.41, 5.74) is 6.15. The molecule has 1 aliphatic rings. The van der Waals surface area contributed by atoms with Crippen molar-refractivity contribution in [2.75, 3.05) is 6.54 Å². The SMILES string of the molecule is CC(C)CC(NC(=O)C(N)CC(=O)O)C(=O)N1CCCC1C(=O)NC(Cc1cnc[nH]1)C(=O)O. The molecule has 34 heavy (non-hydrogen) atoms. The zero-order chi connectivity index (χ0) is 25.4. The fourth-order valence-electron chi connectivity index (χ4n) is 3.84. The van der Waals surface area contributed by atoms with Gasteiger partial charge >= 0.3 is 11.9 Å². The zero-order valence-electron chi connectivity index (χ0n) is 19.2. The lowest BCUT2D eigenvalue weighted by Gasteiger charge is -2.30. The van der Waals surface area contributed by atoms with E-state index >= 15 is 0 Å². The second-order valence-corrected chi connectivity index (χ2v) is 8.77. The van der Waals surface area contributed by atoms with Gasteiger partial charge in [0.05, 0.1) is 18.8 Å². The second kappa shape index (κ2) is 12.1. The quantitative estimate of drug-likeness (QED) is 0.213. The number of carbonyl (C=O) groups is 5. The molecule has 0 bridgehead atoms. The van der Waals surface area contributed by atoms with Gasteiger partial charge in [0.1, 0.15) is 18.1 Å². The number of aromatic nitrogens is 2. The smallest absolute Gasteiger partial charge is 0.326 e. The molecule has 2 rings (SSSR count). The van der Waals surface area contributed by atoms with E-state index in [1.807, 2.05) is 13.8 Å². The summed E-state index contributed by atoms with van der Waals surface area (Å²) in [7, 11) is 0. The highest BCUT2D eigenvalue weighted by Crippen LogP contribution is 2.21. The third kappa shape index (κ3) is 7.54. The summed E-state index contributed by atoms with van der Waals surface area (Å²) in [5, 5.41) is 23.4. The van der Waals surface area contributed by atoms with E-state index in [4.69, 9.17) is 10.8 Å². The maximum atomic E-state index is 13.3. The Balaban J connectivity index is 2.11. The van der Waals surface area contributed by atoms with E-state index in [0.29, 0.717) is 18.5 Å². The minimum absolute atomic E-state index is 0.00472. The van der Waals surface area contributed by atoms with E-state index in [0.717, 1.165) is 0 Å². The van der Waals surface area contributed by atoms with Crippen molar-refractivity contribution in [2.45, 2.75) is 70.1 Å². The predicted octanol–water partition coefficient (Wildman–Crippen LogP) is -1.15. The van der Waals surface area contributed by atoms with Crippen molar-refractivity contribution in [2.24, 2.45) is 11.7 Å². The van der Waals surface area contributed by atoms with Gasteiger partial charge in [0.25, 0.3) is 0 Å². The molecule has 3 amide bonds. The number of carbonyl (C=O) groups excluding carboxylic acids is 3. The Morgan fingerprint density at radius 2 is 1.91 bits per heavy atom. The van der Waals surface area contributed by atoms with Crippen molar-refractivity contribution >= 4 is 29.7 Å².